The molecule has 1 heterocycles. The third-order valence-corrected chi connectivity index (χ3v) is 4.80. The van der Waals surface area contributed by atoms with Gasteiger partial charge in [0.15, 0.2) is 0 Å². The van der Waals surface area contributed by atoms with Gasteiger partial charge in [-0.15, -0.1) is 0 Å². The van der Waals surface area contributed by atoms with Gasteiger partial charge in [-0.25, -0.2) is 19.2 Å². The number of amides is 2. The lowest BCUT2D eigenvalue weighted by Gasteiger charge is -2.11. The molecule has 166 valence electrons. The van der Waals surface area contributed by atoms with Crippen LogP contribution >= 0.6 is 0 Å². The number of benzene rings is 3. The Morgan fingerprint density at radius 1 is 0.939 bits per heavy atom. The van der Waals surface area contributed by atoms with Crippen LogP contribution < -0.4 is 20.7 Å². The second-order valence-corrected chi connectivity index (χ2v) is 7.13. The number of nitrogens with zero attached hydrogens (tertiary/aromatic N) is 2. The SMILES string of the molecule is COc1ccccc1-c1cc(Nc2cccc(CNC(=O)Nc3ccc(F)cc3)c2)ncn1. The van der Waals surface area contributed by atoms with Crippen molar-refractivity contribution < 1.29 is 13.9 Å². The molecule has 8 heteroatoms. The minimum atomic E-state index is -0.378. The largest absolute Gasteiger partial charge is 0.496 e. The molecule has 4 aromatic rings. The van der Waals surface area contributed by atoms with E-state index in [0.29, 0.717) is 18.1 Å². The van der Waals surface area contributed by atoms with Gasteiger partial charge in [-0.1, -0.05) is 24.3 Å². The molecule has 4 rings (SSSR count). The van der Waals surface area contributed by atoms with Crippen LogP contribution in [0.5, 0.6) is 5.75 Å². The van der Waals surface area contributed by atoms with E-state index in [0.717, 1.165) is 28.3 Å². The number of rotatable bonds is 7. The van der Waals surface area contributed by atoms with Crippen molar-refractivity contribution in [2.24, 2.45) is 0 Å². The topological polar surface area (TPSA) is 88.2 Å². The maximum absolute atomic E-state index is 13.0. The first-order valence-electron chi connectivity index (χ1n) is 10.2. The number of hydrogen-bond acceptors (Lipinski definition) is 5. The third kappa shape index (κ3) is 5.82. The summed E-state index contributed by atoms with van der Waals surface area (Å²) in [5.74, 6) is 1.00. The summed E-state index contributed by atoms with van der Waals surface area (Å²) in [6, 6.07) is 22.3. The van der Waals surface area contributed by atoms with Crippen LogP contribution in [0.3, 0.4) is 0 Å². The number of carbonyl (C=O) groups excluding carboxylic acids is 1. The van der Waals surface area contributed by atoms with Crippen LogP contribution in [0, 0.1) is 5.82 Å². The normalized spacial score (nSPS) is 10.4. The van der Waals surface area contributed by atoms with Gasteiger partial charge in [0.25, 0.3) is 0 Å². The van der Waals surface area contributed by atoms with E-state index in [9.17, 15) is 9.18 Å². The fraction of sp³-hybridized carbons (Fsp3) is 0.0800. The highest BCUT2D eigenvalue weighted by atomic mass is 19.1. The van der Waals surface area contributed by atoms with Crippen LogP contribution in [-0.4, -0.2) is 23.1 Å². The van der Waals surface area contributed by atoms with E-state index < -0.39 is 0 Å². The number of aromatic nitrogens is 2. The van der Waals surface area contributed by atoms with Gasteiger partial charge in [0.1, 0.15) is 23.7 Å². The lowest BCUT2D eigenvalue weighted by Crippen LogP contribution is -2.28. The maximum Gasteiger partial charge on any atom is 0.319 e. The summed E-state index contributed by atoms with van der Waals surface area (Å²) in [6.07, 6.45) is 1.50. The number of methoxy groups -OCH3 is 1. The quantitative estimate of drug-likeness (QED) is 0.358. The van der Waals surface area contributed by atoms with E-state index in [4.69, 9.17) is 4.74 Å². The maximum atomic E-state index is 13.0. The van der Waals surface area contributed by atoms with E-state index in [1.54, 1.807) is 7.11 Å². The molecule has 0 fully saturated rings. The second kappa shape index (κ2) is 10.2. The Morgan fingerprint density at radius 2 is 1.76 bits per heavy atom. The van der Waals surface area contributed by atoms with Crippen molar-refractivity contribution in [1.82, 2.24) is 15.3 Å². The van der Waals surface area contributed by atoms with Gasteiger partial charge in [-0.2, -0.15) is 0 Å². The van der Waals surface area contributed by atoms with Crippen LogP contribution in [0.25, 0.3) is 11.3 Å². The van der Waals surface area contributed by atoms with Crippen molar-refractivity contribution in [3.63, 3.8) is 0 Å². The van der Waals surface area contributed by atoms with Gasteiger partial charge in [0.2, 0.25) is 0 Å². The van der Waals surface area contributed by atoms with E-state index in [-0.39, 0.29) is 11.8 Å². The van der Waals surface area contributed by atoms with E-state index in [1.807, 2.05) is 54.6 Å². The Labute approximate surface area is 190 Å². The second-order valence-electron chi connectivity index (χ2n) is 7.13. The molecule has 0 saturated heterocycles. The van der Waals surface area contributed by atoms with Crippen LogP contribution in [0.1, 0.15) is 5.56 Å². The Morgan fingerprint density at radius 3 is 2.58 bits per heavy atom. The van der Waals surface area contributed by atoms with Gasteiger partial charge < -0.3 is 20.7 Å². The van der Waals surface area contributed by atoms with Crippen LogP contribution in [-0.2, 0) is 6.54 Å². The highest BCUT2D eigenvalue weighted by molar-refractivity contribution is 5.89. The summed E-state index contributed by atoms with van der Waals surface area (Å²) in [5, 5.41) is 8.72. The van der Waals surface area contributed by atoms with E-state index in [1.165, 1.54) is 30.6 Å². The number of carbonyl (C=O) groups is 1. The number of anilines is 3. The minimum Gasteiger partial charge on any atom is -0.496 e. The van der Waals surface area contributed by atoms with Gasteiger partial charge in [0, 0.05) is 29.5 Å². The summed E-state index contributed by atoms with van der Waals surface area (Å²) in [4.78, 5) is 20.8. The zero-order valence-electron chi connectivity index (χ0n) is 17.9. The highest BCUT2D eigenvalue weighted by Crippen LogP contribution is 2.29. The van der Waals surface area contributed by atoms with Crippen molar-refractivity contribution in [3.8, 4) is 17.0 Å². The number of ether oxygens (including phenoxy) is 1. The Balaban J connectivity index is 1.40. The number of nitrogens with one attached hydrogen (secondary N) is 3. The van der Waals surface area contributed by atoms with Crippen molar-refractivity contribution in [2.75, 3.05) is 17.7 Å². The molecule has 1 aromatic heterocycles. The smallest absolute Gasteiger partial charge is 0.319 e. The number of hydrogen-bond donors (Lipinski definition) is 3. The summed E-state index contributed by atoms with van der Waals surface area (Å²) in [5.41, 5.74) is 3.83. The first-order chi connectivity index (χ1) is 16.1. The predicted molar refractivity (Wildman–Crippen MR) is 126 cm³/mol. The molecule has 0 unspecified atom stereocenters. The predicted octanol–water partition coefficient (Wildman–Crippen LogP) is 5.36. The summed E-state index contributed by atoms with van der Waals surface area (Å²) in [6.45, 7) is 0.318. The molecule has 3 N–H and O–H groups in total. The molecular formula is C25H22FN5O2. The molecule has 3 aromatic carbocycles. The fourth-order valence-electron chi connectivity index (χ4n) is 3.23. The lowest BCUT2D eigenvalue weighted by atomic mass is 10.1. The van der Waals surface area contributed by atoms with Gasteiger partial charge in [-0.3, -0.25) is 0 Å². The highest BCUT2D eigenvalue weighted by Gasteiger charge is 2.08. The number of para-hydroxylation sites is 1. The average molecular weight is 443 g/mol. The Bertz CT molecular complexity index is 1250. The Hall–Kier alpha value is -4.46. The van der Waals surface area contributed by atoms with E-state index >= 15 is 0 Å². The molecule has 0 aliphatic heterocycles. The lowest BCUT2D eigenvalue weighted by molar-refractivity contribution is 0.251. The molecule has 2 amide bonds. The number of halogens is 1. The van der Waals surface area contributed by atoms with Gasteiger partial charge in [0.05, 0.1) is 12.8 Å². The molecule has 7 nitrogen and oxygen atoms in total. The number of urea groups is 1. The molecule has 0 spiro atoms. The zero-order chi connectivity index (χ0) is 23.0. The van der Waals surface area contributed by atoms with Crippen LogP contribution in [0.15, 0.2) is 85.2 Å². The van der Waals surface area contributed by atoms with Crippen molar-refractivity contribution in [3.05, 3.63) is 96.6 Å². The van der Waals surface area contributed by atoms with Crippen molar-refractivity contribution in [2.45, 2.75) is 6.54 Å². The van der Waals surface area contributed by atoms with Crippen molar-refractivity contribution in [1.29, 1.82) is 0 Å². The van der Waals surface area contributed by atoms with E-state index in [2.05, 4.69) is 25.9 Å². The van der Waals surface area contributed by atoms with Gasteiger partial charge >= 0.3 is 6.03 Å². The minimum absolute atomic E-state index is 0.318. The summed E-state index contributed by atoms with van der Waals surface area (Å²) < 4.78 is 18.4. The fourth-order valence-corrected chi connectivity index (χ4v) is 3.23. The summed E-state index contributed by atoms with van der Waals surface area (Å²) >= 11 is 0. The molecule has 0 saturated carbocycles. The first-order valence-corrected chi connectivity index (χ1v) is 10.2. The van der Waals surface area contributed by atoms with Crippen LogP contribution in [0.2, 0.25) is 0 Å². The standard InChI is InChI=1S/C25H22FN5O2/c1-33-23-8-3-2-7-21(23)22-14-24(29-16-28-22)30-20-6-4-5-17(13-20)15-27-25(32)31-19-11-9-18(26)10-12-19/h2-14,16H,15H2,1H3,(H2,27,31,32)(H,28,29,30). The molecule has 0 aliphatic rings. The van der Waals surface area contributed by atoms with Crippen molar-refractivity contribution >= 4 is 23.2 Å². The molecule has 0 aliphatic carbocycles. The molecule has 33 heavy (non-hydrogen) atoms. The molecule has 0 bridgehead atoms. The summed E-state index contributed by atoms with van der Waals surface area (Å²) in [7, 11) is 1.62. The third-order valence-electron chi connectivity index (χ3n) is 4.80. The first kappa shape index (κ1) is 21.8. The molecule has 0 radical (unpaired) electrons. The van der Waals surface area contributed by atoms with Crippen LogP contribution in [0.4, 0.5) is 26.4 Å². The Kier molecular flexibility index (Phi) is 6.75. The average Bonchev–Trinajstić information content (AvgIpc) is 2.84. The zero-order valence-corrected chi connectivity index (χ0v) is 17.9. The molecular weight excluding hydrogens is 421 g/mol. The van der Waals surface area contributed by atoms with Gasteiger partial charge in [-0.05, 0) is 54.1 Å². The molecule has 0 atom stereocenters. The monoisotopic (exact) mass is 443 g/mol.